The summed E-state index contributed by atoms with van der Waals surface area (Å²) < 4.78 is 11.4. The second-order valence-electron chi connectivity index (χ2n) is 6.78. The van der Waals surface area contributed by atoms with Crippen LogP contribution in [0.3, 0.4) is 0 Å². The van der Waals surface area contributed by atoms with E-state index in [0.717, 1.165) is 26.1 Å². The van der Waals surface area contributed by atoms with Crippen LogP contribution in [0, 0.1) is 11.3 Å². The number of nitrogens with one attached hydrogen (secondary N) is 1. The zero-order chi connectivity index (χ0) is 16.1. The molecule has 0 saturated heterocycles. The molecular weight excluding hydrogens is 266 g/mol. The Kier molecular flexibility index (Phi) is 11.6. The van der Waals surface area contributed by atoms with Gasteiger partial charge in [0.2, 0.25) is 5.91 Å². The summed E-state index contributed by atoms with van der Waals surface area (Å²) in [6, 6.07) is 0. The molecule has 0 aliphatic heterocycles. The van der Waals surface area contributed by atoms with E-state index in [4.69, 9.17) is 9.47 Å². The van der Waals surface area contributed by atoms with Crippen molar-refractivity contribution in [2.24, 2.45) is 11.3 Å². The molecule has 0 spiro atoms. The van der Waals surface area contributed by atoms with Crippen LogP contribution in [-0.4, -0.2) is 38.9 Å². The Balaban J connectivity index is 0. The quantitative estimate of drug-likeness (QED) is 0.528. The molecule has 0 aromatic heterocycles. The molecule has 21 heavy (non-hydrogen) atoms. The Morgan fingerprint density at radius 3 is 2.19 bits per heavy atom. The molecular formula is C17H37NO3. The molecule has 4 heteroatoms. The minimum atomic E-state index is 0. The van der Waals surface area contributed by atoms with Crippen LogP contribution >= 0.6 is 0 Å². The van der Waals surface area contributed by atoms with Crippen LogP contribution in [0.5, 0.6) is 0 Å². The van der Waals surface area contributed by atoms with Gasteiger partial charge in [0, 0.05) is 32.5 Å². The molecule has 1 amide bonds. The zero-order valence-electron chi connectivity index (χ0n) is 14.7. The van der Waals surface area contributed by atoms with Gasteiger partial charge in [-0.1, -0.05) is 47.5 Å². The number of unbranched alkanes of at least 4 members (excludes halogenated alkanes) is 2. The molecule has 0 heterocycles. The van der Waals surface area contributed by atoms with E-state index in [1.165, 1.54) is 12.8 Å². The topological polar surface area (TPSA) is 47.6 Å². The highest BCUT2D eigenvalue weighted by Gasteiger charge is 2.18. The fourth-order valence-electron chi connectivity index (χ4n) is 1.78. The molecule has 0 aliphatic carbocycles. The second-order valence-corrected chi connectivity index (χ2v) is 6.78. The predicted molar refractivity (Wildman–Crippen MR) is 89.5 cm³/mol. The molecule has 0 fully saturated rings. The third-order valence-electron chi connectivity index (χ3n) is 3.17. The van der Waals surface area contributed by atoms with Crippen LogP contribution in [0.4, 0.5) is 0 Å². The van der Waals surface area contributed by atoms with Crippen molar-refractivity contribution in [3.63, 3.8) is 0 Å². The molecule has 0 bridgehead atoms. The number of hydrogen-bond acceptors (Lipinski definition) is 3. The molecule has 0 saturated carbocycles. The lowest BCUT2D eigenvalue weighted by Gasteiger charge is -2.24. The fraction of sp³-hybridized carbons (Fsp3) is 0.941. The maximum atomic E-state index is 11.4. The summed E-state index contributed by atoms with van der Waals surface area (Å²) in [7, 11) is 0. The summed E-state index contributed by atoms with van der Waals surface area (Å²) in [5.41, 5.74) is 0.0490. The third kappa shape index (κ3) is 12.8. The zero-order valence-corrected chi connectivity index (χ0v) is 14.7. The second kappa shape index (κ2) is 12.0. The van der Waals surface area contributed by atoms with Crippen molar-refractivity contribution >= 4 is 5.91 Å². The molecule has 0 aromatic carbocycles. The Morgan fingerprint density at radius 1 is 1.10 bits per heavy atom. The van der Waals surface area contributed by atoms with Crippen molar-refractivity contribution in [3.8, 4) is 0 Å². The predicted octanol–water partition coefficient (Wildman–Crippen LogP) is 3.64. The van der Waals surface area contributed by atoms with E-state index in [1.54, 1.807) is 0 Å². The van der Waals surface area contributed by atoms with E-state index >= 15 is 0 Å². The molecule has 0 radical (unpaired) electrons. The monoisotopic (exact) mass is 303 g/mol. The first kappa shape index (κ1) is 20.4. The number of rotatable bonds is 13. The Bertz CT molecular complexity index is 271. The van der Waals surface area contributed by atoms with Crippen molar-refractivity contribution < 1.29 is 15.7 Å². The van der Waals surface area contributed by atoms with E-state index in [0.29, 0.717) is 19.8 Å². The van der Waals surface area contributed by atoms with E-state index in [2.05, 4.69) is 26.1 Å². The van der Waals surface area contributed by atoms with E-state index in [-0.39, 0.29) is 18.7 Å². The Labute approximate surface area is 132 Å². The molecule has 4 nitrogen and oxygen atoms in total. The summed E-state index contributed by atoms with van der Waals surface area (Å²) in [5.74, 6) is 0.158. The van der Waals surface area contributed by atoms with Crippen LogP contribution in [-0.2, 0) is 14.3 Å². The van der Waals surface area contributed by atoms with Gasteiger partial charge in [0.25, 0.3) is 0 Å². The van der Waals surface area contributed by atoms with E-state index in [1.807, 2.05) is 13.8 Å². The molecule has 0 rings (SSSR count). The number of amides is 1. The summed E-state index contributed by atoms with van der Waals surface area (Å²) in [5, 5.41) is 2.89. The van der Waals surface area contributed by atoms with Crippen molar-refractivity contribution in [1.29, 1.82) is 0 Å². The van der Waals surface area contributed by atoms with Gasteiger partial charge >= 0.3 is 0 Å². The van der Waals surface area contributed by atoms with Crippen LogP contribution in [0.25, 0.3) is 0 Å². The summed E-state index contributed by atoms with van der Waals surface area (Å²) in [4.78, 5) is 11.4. The fourth-order valence-corrected chi connectivity index (χ4v) is 1.78. The molecule has 0 unspecified atom stereocenters. The van der Waals surface area contributed by atoms with Gasteiger partial charge < -0.3 is 14.8 Å². The molecule has 0 aromatic rings. The highest BCUT2D eigenvalue weighted by Crippen LogP contribution is 2.16. The Hall–Kier alpha value is -0.610. The average molecular weight is 303 g/mol. The molecule has 1 N–H and O–H groups in total. The average Bonchev–Trinajstić information content (AvgIpc) is 2.41. The summed E-state index contributed by atoms with van der Waals surface area (Å²) >= 11 is 0. The van der Waals surface area contributed by atoms with Crippen molar-refractivity contribution in [3.05, 3.63) is 0 Å². The maximum Gasteiger partial charge on any atom is 0.222 e. The third-order valence-corrected chi connectivity index (χ3v) is 3.17. The minimum absolute atomic E-state index is 0. The number of carbonyl (C=O) groups excluding carboxylic acids is 1. The van der Waals surface area contributed by atoms with Gasteiger partial charge in [0.05, 0.1) is 13.2 Å². The van der Waals surface area contributed by atoms with Gasteiger partial charge in [-0.25, -0.2) is 0 Å². The van der Waals surface area contributed by atoms with Crippen molar-refractivity contribution in [1.82, 2.24) is 5.32 Å². The van der Waals surface area contributed by atoms with E-state index in [9.17, 15) is 4.79 Å². The Morgan fingerprint density at radius 2 is 1.67 bits per heavy atom. The van der Waals surface area contributed by atoms with Crippen LogP contribution in [0.2, 0.25) is 0 Å². The first-order valence-electron chi connectivity index (χ1n) is 8.32. The first-order valence-corrected chi connectivity index (χ1v) is 8.32. The van der Waals surface area contributed by atoms with Crippen molar-refractivity contribution in [2.75, 3.05) is 33.0 Å². The van der Waals surface area contributed by atoms with Gasteiger partial charge in [0.1, 0.15) is 0 Å². The normalized spacial score (nSPS) is 11.9. The number of carbonyl (C=O) groups is 1. The summed E-state index contributed by atoms with van der Waals surface area (Å²) in [6.07, 6.45) is 4.46. The van der Waals surface area contributed by atoms with Gasteiger partial charge in [-0.15, -0.1) is 0 Å². The highest BCUT2D eigenvalue weighted by atomic mass is 16.5. The number of ether oxygens (including phenoxy) is 2. The maximum absolute atomic E-state index is 11.4. The smallest absolute Gasteiger partial charge is 0.222 e. The SMILES string of the molecule is CCCCCOCC(C)(C)COCCCNC(=O)C(C)C.[HH]. The van der Waals surface area contributed by atoms with Crippen LogP contribution in [0.15, 0.2) is 0 Å². The largest absolute Gasteiger partial charge is 0.381 e. The minimum Gasteiger partial charge on any atom is -0.381 e. The first-order chi connectivity index (χ1) is 9.89. The van der Waals surface area contributed by atoms with Crippen LogP contribution < -0.4 is 5.32 Å². The molecule has 128 valence electrons. The van der Waals surface area contributed by atoms with E-state index < -0.39 is 0 Å². The highest BCUT2D eigenvalue weighted by molar-refractivity contribution is 5.77. The lowest BCUT2D eigenvalue weighted by Crippen LogP contribution is -2.30. The lowest BCUT2D eigenvalue weighted by molar-refractivity contribution is -0.124. The standard InChI is InChI=1S/C17H35NO3.H2/c1-6-7-8-11-20-13-17(4,5)14-21-12-9-10-18-16(19)15(2)3;/h15H,6-14H2,1-5H3,(H,18,19);1H. The number of hydrogen-bond donors (Lipinski definition) is 1. The molecule has 0 atom stereocenters. The lowest BCUT2D eigenvalue weighted by atomic mass is 9.96. The van der Waals surface area contributed by atoms with Gasteiger partial charge in [-0.2, -0.15) is 0 Å². The van der Waals surface area contributed by atoms with Crippen LogP contribution in [0.1, 0.15) is 61.7 Å². The molecule has 0 aliphatic rings. The van der Waals surface area contributed by atoms with Gasteiger partial charge in [0.15, 0.2) is 0 Å². The van der Waals surface area contributed by atoms with Gasteiger partial charge in [-0.05, 0) is 12.8 Å². The summed E-state index contributed by atoms with van der Waals surface area (Å²) in [6.45, 7) is 14.0. The van der Waals surface area contributed by atoms with Crippen molar-refractivity contribution in [2.45, 2.75) is 60.3 Å². The van der Waals surface area contributed by atoms with Gasteiger partial charge in [-0.3, -0.25) is 4.79 Å².